The van der Waals surface area contributed by atoms with Crippen molar-refractivity contribution in [3.63, 3.8) is 0 Å². The summed E-state index contributed by atoms with van der Waals surface area (Å²) in [7, 11) is -2.10. The van der Waals surface area contributed by atoms with E-state index < -0.39 is 14.1 Å². The highest BCUT2D eigenvalue weighted by Crippen LogP contribution is 2.68. The van der Waals surface area contributed by atoms with Gasteiger partial charge in [0.15, 0.2) is 19.9 Å². The number of hydrogen-bond donors (Lipinski definition) is 0. The second-order valence-corrected chi connectivity index (χ2v) is 20.0. The van der Waals surface area contributed by atoms with Crippen molar-refractivity contribution in [1.29, 1.82) is 0 Å². The molecule has 4 aliphatic carbocycles. The zero-order valence-electron chi connectivity index (χ0n) is 24.9. The predicted molar refractivity (Wildman–Crippen MR) is 148 cm³/mol. The SMILES string of the molecule is CC1OCCOC23CC4=CC(=O)[C@@H]5C([C@H](O[Si](C)(C)C(C)(C)C)C[C@]6(C)[C@@H]1CC[C@H]56)[C@@]4(C)CC2OCCO3. The van der Waals surface area contributed by atoms with E-state index in [0.29, 0.717) is 50.5 Å². The van der Waals surface area contributed by atoms with Gasteiger partial charge in [-0.2, -0.15) is 0 Å². The fourth-order valence-corrected chi connectivity index (χ4v) is 10.8. The lowest BCUT2D eigenvalue weighted by atomic mass is 9.45. The highest BCUT2D eigenvalue weighted by Gasteiger charge is 2.68. The van der Waals surface area contributed by atoms with Crippen LogP contribution in [0.4, 0.5) is 0 Å². The van der Waals surface area contributed by atoms with Gasteiger partial charge in [-0.1, -0.05) is 40.2 Å². The number of fused-ring (bicyclic) bond motifs is 1. The Morgan fingerprint density at radius 2 is 1.63 bits per heavy atom. The van der Waals surface area contributed by atoms with Gasteiger partial charge in [-0.15, -0.1) is 0 Å². The first kappa shape index (κ1) is 27.6. The van der Waals surface area contributed by atoms with E-state index in [-0.39, 0.29) is 46.0 Å². The molecule has 3 saturated carbocycles. The van der Waals surface area contributed by atoms with Crippen LogP contribution in [0, 0.1) is 34.5 Å². The number of rotatable bonds is 2. The van der Waals surface area contributed by atoms with E-state index in [2.05, 4.69) is 54.6 Å². The fraction of sp³-hybridized carbons (Fsp3) is 0.903. The summed E-state index contributed by atoms with van der Waals surface area (Å²) in [5.74, 6) is 0.355. The Morgan fingerprint density at radius 3 is 2.32 bits per heavy atom. The van der Waals surface area contributed by atoms with E-state index in [1.54, 1.807) is 0 Å². The molecule has 0 radical (unpaired) electrons. The lowest BCUT2D eigenvalue weighted by molar-refractivity contribution is -0.343. The lowest BCUT2D eigenvalue weighted by Crippen LogP contribution is -2.66. The third-order valence-corrected chi connectivity index (χ3v) is 16.9. The van der Waals surface area contributed by atoms with Gasteiger partial charge in [0.25, 0.3) is 0 Å². The van der Waals surface area contributed by atoms with Crippen LogP contribution in [0.25, 0.3) is 0 Å². The van der Waals surface area contributed by atoms with Crippen molar-refractivity contribution in [2.45, 2.75) is 116 Å². The minimum absolute atomic E-state index is 0.0127. The summed E-state index contributed by atoms with van der Waals surface area (Å²) in [5, 5.41) is 0.0979. The number of carbonyl (C=O) groups is 1. The predicted octanol–water partition coefficient (Wildman–Crippen LogP) is 5.90. The average molecular weight is 547 g/mol. The summed E-state index contributed by atoms with van der Waals surface area (Å²) in [6.45, 7) is 20.9. The molecule has 4 unspecified atom stereocenters. The summed E-state index contributed by atoms with van der Waals surface area (Å²) < 4.78 is 33.3. The number of allylic oxidation sites excluding steroid dienone is 1. The average Bonchev–Trinajstić information content (AvgIpc) is 3.16. The quantitative estimate of drug-likeness (QED) is 0.402. The molecule has 0 N–H and O–H groups in total. The molecule has 5 aliphatic heterocycles. The molecule has 9 rings (SSSR count). The van der Waals surface area contributed by atoms with Crippen molar-refractivity contribution in [3.8, 4) is 0 Å². The molecule has 0 amide bonds. The summed E-state index contributed by atoms with van der Waals surface area (Å²) >= 11 is 0. The molecule has 5 heterocycles. The van der Waals surface area contributed by atoms with Gasteiger partial charge >= 0.3 is 0 Å². The van der Waals surface area contributed by atoms with E-state index in [9.17, 15) is 4.79 Å². The molecule has 0 aromatic heterocycles. The van der Waals surface area contributed by atoms with Crippen molar-refractivity contribution < 1.29 is 28.2 Å². The van der Waals surface area contributed by atoms with Crippen molar-refractivity contribution in [2.24, 2.45) is 34.5 Å². The Kier molecular flexibility index (Phi) is 6.51. The molecule has 9 aliphatic rings. The molecule has 214 valence electrons. The second kappa shape index (κ2) is 8.96. The molecular weight excluding hydrogens is 496 g/mol. The number of carbonyl (C=O) groups excluding carboxylic acids is 1. The van der Waals surface area contributed by atoms with Crippen LogP contribution in [0.1, 0.15) is 73.6 Å². The number of hydrogen-bond acceptors (Lipinski definition) is 6. The maximum absolute atomic E-state index is 14.3. The third kappa shape index (κ3) is 3.93. The minimum atomic E-state index is -2.10. The molecule has 10 atom stereocenters. The van der Waals surface area contributed by atoms with Crippen LogP contribution < -0.4 is 0 Å². The van der Waals surface area contributed by atoms with Crippen molar-refractivity contribution >= 4 is 14.1 Å². The fourth-order valence-electron chi connectivity index (χ4n) is 9.42. The summed E-state index contributed by atoms with van der Waals surface area (Å²) in [4.78, 5) is 14.3. The van der Waals surface area contributed by atoms with Crippen molar-refractivity contribution in [2.75, 3.05) is 26.4 Å². The van der Waals surface area contributed by atoms with Gasteiger partial charge in [-0.3, -0.25) is 4.79 Å². The van der Waals surface area contributed by atoms with Gasteiger partial charge in [-0.05, 0) is 79.5 Å². The highest BCUT2D eigenvalue weighted by atomic mass is 28.4. The first-order chi connectivity index (χ1) is 17.7. The van der Waals surface area contributed by atoms with Gasteiger partial charge < -0.3 is 23.4 Å². The molecule has 7 fully saturated rings. The molecule has 8 bridgehead atoms. The molecule has 6 nitrogen and oxygen atoms in total. The van der Waals surface area contributed by atoms with Crippen molar-refractivity contribution in [3.05, 3.63) is 11.6 Å². The molecule has 4 saturated heterocycles. The van der Waals surface area contributed by atoms with E-state index >= 15 is 0 Å². The first-order valence-electron chi connectivity index (χ1n) is 15.2. The van der Waals surface area contributed by atoms with Crippen LogP contribution in [-0.4, -0.2) is 64.6 Å². The van der Waals surface area contributed by atoms with Gasteiger partial charge in [0.1, 0.15) is 6.10 Å². The third-order valence-electron chi connectivity index (χ3n) is 12.4. The zero-order chi connectivity index (χ0) is 27.3. The Labute approximate surface area is 230 Å². The smallest absolute Gasteiger partial charge is 0.198 e. The number of ether oxygens (including phenoxy) is 4. The summed E-state index contributed by atoms with van der Waals surface area (Å²) in [6, 6.07) is 0. The monoisotopic (exact) mass is 546 g/mol. The first-order valence-corrected chi connectivity index (χ1v) is 18.1. The van der Waals surface area contributed by atoms with Crippen molar-refractivity contribution in [1.82, 2.24) is 0 Å². The van der Waals surface area contributed by atoms with E-state index in [1.165, 1.54) is 5.57 Å². The van der Waals surface area contributed by atoms with Crippen LogP contribution in [0.5, 0.6) is 0 Å². The molecule has 1 spiro atoms. The van der Waals surface area contributed by atoms with Crippen LogP contribution in [-0.2, 0) is 28.2 Å². The topological polar surface area (TPSA) is 63.2 Å². The van der Waals surface area contributed by atoms with E-state index in [1.807, 2.05) is 6.08 Å². The van der Waals surface area contributed by atoms with E-state index in [4.69, 9.17) is 23.4 Å². The molecule has 38 heavy (non-hydrogen) atoms. The standard InChI is InChI=1S/C31H50O6Si/c1-19-21-9-10-22-26-23(32)15-20-16-31(35-13-11-33-19)25(34-12-14-36-31)18-29(20,5)27(26)24(17-30(21,22)6)37-38(7,8)28(2,3)4/h15,19,21-22,24-27H,9-14,16-18H2,1-8H3/t19?,21-,22-,24-,25?,26-,27?,29+,30-,31?/m1/s1. The van der Waals surface area contributed by atoms with Gasteiger partial charge in [0.05, 0.1) is 32.5 Å². The Balaban J connectivity index is 1.52. The second-order valence-electron chi connectivity index (χ2n) is 15.3. The Bertz CT molecular complexity index is 1000. The Morgan fingerprint density at radius 1 is 0.974 bits per heavy atom. The minimum Gasteiger partial charge on any atom is -0.414 e. The van der Waals surface area contributed by atoms with Crippen LogP contribution in [0.3, 0.4) is 0 Å². The van der Waals surface area contributed by atoms with Gasteiger partial charge in [0.2, 0.25) is 0 Å². The molecular formula is C31H50O6Si. The maximum atomic E-state index is 14.3. The highest BCUT2D eigenvalue weighted by molar-refractivity contribution is 6.74. The number of ketones is 1. The lowest BCUT2D eigenvalue weighted by Gasteiger charge is -2.63. The van der Waals surface area contributed by atoms with Crippen LogP contribution >= 0.6 is 0 Å². The van der Waals surface area contributed by atoms with Gasteiger partial charge in [0, 0.05) is 24.4 Å². The molecule has 0 aromatic carbocycles. The van der Waals surface area contributed by atoms with Crippen LogP contribution in [0.15, 0.2) is 11.6 Å². The molecule has 7 heteroatoms. The van der Waals surface area contributed by atoms with Crippen LogP contribution in [0.2, 0.25) is 18.1 Å². The normalized spacial score (nSPS) is 49.1. The largest absolute Gasteiger partial charge is 0.414 e. The molecule has 0 aromatic rings. The zero-order valence-corrected chi connectivity index (χ0v) is 25.9. The maximum Gasteiger partial charge on any atom is 0.198 e. The Hall–Kier alpha value is -0.573. The summed E-state index contributed by atoms with van der Waals surface area (Å²) in [6.07, 6.45) is 6.58. The van der Waals surface area contributed by atoms with Gasteiger partial charge in [-0.25, -0.2) is 0 Å². The summed E-state index contributed by atoms with van der Waals surface area (Å²) in [5.41, 5.74) is 1.01. The van der Waals surface area contributed by atoms with E-state index in [0.717, 1.165) is 25.7 Å².